The van der Waals surface area contributed by atoms with Crippen molar-refractivity contribution in [3.05, 3.63) is 35.1 Å². The molecule has 132 valence electrons. The van der Waals surface area contributed by atoms with Crippen molar-refractivity contribution in [2.24, 2.45) is 5.73 Å². The predicted octanol–water partition coefficient (Wildman–Crippen LogP) is 1.10. The van der Waals surface area contributed by atoms with Crippen molar-refractivity contribution >= 4 is 11.8 Å². The number of carbonyl (C=O) groups is 2. The van der Waals surface area contributed by atoms with Crippen LogP contribution in [0.5, 0.6) is 0 Å². The normalized spacial score (nSPS) is 20.0. The minimum absolute atomic E-state index is 0.105. The topological polar surface area (TPSA) is 75.4 Å². The molecule has 0 radical (unpaired) electrons. The first-order valence-corrected chi connectivity index (χ1v) is 7.76. The number of carbonyl (C=O) groups excluding carboxylic acids is 2. The Kier molecular flexibility index (Phi) is 5.95. The van der Waals surface area contributed by atoms with Crippen LogP contribution in [-0.4, -0.2) is 41.9 Å². The smallest absolute Gasteiger partial charge is 0.246 e. The average Bonchev–Trinajstić information content (AvgIpc) is 2.67. The van der Waals surface area contributed by atoms with Gasteiger partial charge in [-0.15, -0.1) is 0 Å². The van der Waals surface area contributed by atoms with Crippen LogP contribution in [-0.2, 0) is 16.0 Å². The van der Waals surface area contributed by atoms with Gasteiger partial charge < -0.3 is 11.1 Å². The van der Waals surface area contributed by atoms with Crippen LogP contribution >= 0.6 is 0 Å². The number of nitrogens with zero attached hydrogens (tertiary/aromatic N) is 1. The van der Waals surface area contributed by atoms with Crippen molar-refractivity contribution in [3.8, 4) is 0 Å². The Morgan fingerprint density at radius 1 is 1.33 bits per heavy atom. The first-order chi connectivity index (χ1) is 11.3. The van der Waals surface area contributed by atoms with E-state index in [1.54, 1.807) is 6.92 Å². The molecular formula is C16H20F3N3O2. The first-order valence-electron chi connectivity index (χ1n) is 7.76. The second-order valence-electron chi connectivity index (χ2n) is 5.94. The summed E-state index contributed by atoms with van der Waals surface area (Å²) in [7, 11) is 0. The number of amides is 2. The molecule has 0 spiro atoms. The molecule has 1 aromatic rings. The minimum Gasteiger partial charge on any atom is -0.327 e. The van der Waals surface area contributed by atoms with Crippen molar-refractivity contribution in [3.63, 3.8) is 0 Å². The Morgan fingerprint density at radius 3 is 2.71 bits per heavy atom. The molecule has 3 N–H and O–H groups in total. The fourth-order valence-corrected chi connectivity index (χ4v) is 2.64. The quantitative estimate of drug-likeness (QED) is 0.803. The van der Waals surface area contributed by atoms with Crippen LogP contribution in [0.15, 0.2) is 12.1 Å². The van der Waals surface area contributed by atoms with E-state index in [1.165, 1.54) is 0 Å². The third kappa shape index (κ3) is 4.33. The molecule has 5 nitrogen and oxygen atoms in total. The number of benzene rings is 1. The lowest BCUT2D eigenvalue weighted by molar-refractivity contribution is -0.145. The maximum absolute atomic E-state index is 13.6. The van der Waals surface area contributed by atoms with Crippen molar-refractivity contribution in [2.45, 2.75) is 38.3 Å². The summed E-state index contributed by atoms with van der Waals surface area (Å²) in [6.07, 6.45) is 0.316. The largest absolute Gasteiger partial charge is 0.327 e. The van der Waals surface area contributed by atoms with Gasteiger partial charge in [-0.05, 0) is 37.9 Å². The molecule has 0 bridgehead atoms. The van der Waals surface area contributed by atoms with Gasteiger partial charge in [-0.3, -0.25) is 14.5 Å². The maximum atomic E-state index is 13.6. The molecule has 24 heavy (non-hydrogen) atoms. The summed E-state index contributed by atoms with van der Waals surface area (Å²) in [6, 6.07) is -0.0873. The van der Waals surface area contributed by atoms with Gasteiger partial charge in [0.15, 0.2) is 11.6 Å². The summed E-state index contributed by atoms with van der Waals surface area (Å²) in [5, 5.41) is 2.99. The van der Waals surface area contributed by atoms with Crippen molar-refractivity contribution < 1.29 is 22.8 Å². The predicted molar refractivity (Wildman–Crippen MR) is 81.4 cm³/mol. The van der Waals surface area contributed by atoms with E-state index in [-0.39, 0.29) is 24.3 Å². The van der Waals surface area contributed by atoms with E-state index in [0.29, 0.717) is 25.6 Å². The highest BCUT2D eigenvalue weighted by Gasteiger charge is 2.29. The second kappa shape index (κ2) is 7.76. The number of hydrogen-bond donors (Lipinski definition) is 2. The molecule has 1 aliphatic rings. The van der Waals surface area contributed by atoms with Gasteiger partial charge in [0.1, 0.15) is 5.82 Å². The molecule has 0 aromatic heterocycles. The Bertz CT molecular complexity index is 639. The molecular weight excluding hydrogens is 323 g/mol. The third-order valence-electron chi connectivity index (χ3n) is 3.95. The lowest BCUT2D eigenvalue weighted by atomic mass is 10.0. The summed E-state index contributed by atoms with van der Waals surface area (Å²) < 4.78 is 39.7. The van der Waals surface area contributed by atoms with Gasteiger partial charge in [0.05, 0.1) is 6.04 Å². The van der Waals surface area contributed by atoms with E-state index in [1.807, 2.05) is 0 Å². The lowest BCUT2D eigenvalue weighted by Crippen LogP contribution is -2.46. The highest BCUT2D eigenvalue weighted by molar-refractivity contribution is 5.98. The number of nitrogens with two attached hydrogens (primary N) is 1. The van der Waals surface area contributed by atoms with Crippen LogP contribution in [0.3, 0.4) is 0 Å². The lowest BCUT2D eigenvalue weighted by Gasteiger charge is -2.22. The van der Waals surface area contributed by atoms with E-state index in [4.69, 9.17) is 5.73 Å². The number of rotatable bonds is 4. The Morgan fingerprint density at radius 2 is 2.00 bits per heavy atom. The summed E-state index contributed by atoms with van der Waals surface area (Å²) >= 11 is 0. The zero-order valence-electron chi connectivity index (χ0n) is 13.3. The second-order valence-corrected chi connectivity index (χ2v) is 5.94. The molecule has 2 amide bonds. The molecule has 1 aromatic carbocycles. The van der Waals surface area contributed by atoms with E-state index in [9.17, 15) is 22.8 Å². The van der Waals surface area contributed by atoms with Crippen LogP contribution in [0.25, 0.3) is 0 Å². The Labute approximate surface area is 138 Å². The minimum atomic E-state index is -1.28. The zero-order valence-corrected chi connectivity index (χ0v) is 13.3. The fourth-order valence-electron chi connectivity index (χ4n) is 2.64. The molecule has 1 saturated heterocycles. The monoisotopic (exact) mass is 343 g/mol. The first kappa shape index (κ1) is 18.4. The van der Waals surface area contributed by atoms with Crippen LogP contribution in [0, 0.1) is 17.5 Å². The van der Waals surface area contributed by atoms with Gasteiger partial charge >= 0.3 is 0 Å². The van der Waals surface area contributed by atoms with E-state index in [2.05, 4.69) is 5.32 Å². The summed E-state index contributed by atoms with van der Waals surface area (Å²) in [5.74, 6) is -4.15. The van der Waals surface area contributed by atoms with Crippen molar-refractivity contribution in [2.75, 3.05) is 13.1 Å². The number of hydrogen-bond acceptors (Lipinski definition) is 4. The van der Waals surface area contributed by atoms with Crippen LogP contribution in [0.1, 0.15) is 25.3 Å². The molecule has 0 aliphatic carbocycles. The van der Waals surface area contributed by atoms with E-state index in [0.717, 1.165) is 11.0 Å². The number of imide groups is 1. The van der Waals surface area contributed by atoms with Gasteiger partial charge in [0, 0.05) is 25.1 Å². The molecule has 8 heteroatoms. The van der Waals surface area contributed by atoms with Crippen molar-refractivity contribution in [1.82, 2.24) is 10.2 Å². The molecule has 1 fully saturated rings. The molecule has 0 saturated carbocycles. The van der Waals surface area contributed by atoms with Gasteiger partial charge in [0.25, 0.3) is 0 Å². The zero-order chi connectivity index (χ0) is 17.9. The molecule has 1 heterocycles. The SMILES string of the molecule is CC1NCCCN(C(=O)C[C@H](N)Cc2cc(F)c(F)cc2F)C1=O. The number of nitrogens with one attached hydrogen (secondary N) is 1. The average molecular weight is 343 g/mol. The Hall–Kier alpha value is -1.93. The highest BCUT2D eigenvalue weighted by atomic mass is 19.2. The van der Waals surface area contributed by atoms with Crippen molar-refractivity contribution in [1.29, 1.82) is 0 Å². The third-order valence-corrected chi connectivity index (χ3v) is 3.95. The summed E-state index contributed by atoms with van der Waals surface area (Å²) in [5.41, 5.74) is 5.73. The van der Waals surface area contributed by atoms with Crippen LogP contribution in [0.2, 0.25) is 0 Å². The Balaban J connectivity index is 2.01. The molecule has 2 rings (SSSR count). The molecule has 2 atom stereocenters. The van der Waals surface area contributed by atoms with Gasteiger partial charge in [0.2, 0.25) is 11.8 Å². The van der Waals surface area contributed by atoms with Gasteiger partial charge in [-0.25, -0.2) is 13.2 Å². The fraction of sp³-hybridized carbons (Fsp3) is 0.500. The number of halogens is 3. The summed E-state index contributed by atoms with van der Waals surface area (Å²) in [4.78, 5) is 25.5. The standard InChI is InChI=1S/C16H20F3N3O2/c1-9-16(24)22(4-2-3-21-9)15(23)7-11(20)5-10-6-13(18)14(19)8-12(10)17/h6,8-9,11,21H,2-5,7,20H2,1H3/t9?,11-/m1/s1. The van der Waals surface area contributed by atoms with Gasteiger partial charge in [-0.1, -0.05) is 0 Å². The molecule has 1 unspecified atom stereocenters. The summed E-state index contributed by atoms with van der Waals surface area (Å²) in [6.45, 7) is 2.59. The highest BCUT2D eigenvalue weighted by Crippen LogP contribution is 2.16. The van der Waals surface area contributed by atoms with Crippen LogP contribution in [0.4, 0.5) is 13.2 Å². The van der Waals surface area contributed by atoms with Gasteiger partial charge in [-0.2, -0.15) is 0 Å². The van der Waals surface area contributed by atoms with E-state index >= 15 is 0 Å². The maximum Gasteiger partial charge on any atom is 0.246 e. The van der Waals surface area contributed by atoms with E-state index < -0.39 is 35.4 Å². The van der Waals surface area contributed by atoms with Crippen LogP contribution < -0.4 is 11.1 Å². The molecule has 1 aliphatic heterocycles.